The molecule has 0 aromatic heterocycles. The van der Waals surface area contributed by atoms with E-state index in [-0.39, 0.29) is 13.0 Å². The van der Waals surface area contributed by atoms with Crippen molar-refractivity contribution < 1.29 is 19.4 Å². The summed E-state index contributed by atoms with van der Waals surface area (Å²) >= 11 is 0. The van der Waals surface area contributed by atoms with E-state index in [1.165, 1.54) is 6.08 Å². The van der Waals surface area contributed by atoms with Crippen LogP contribution in [0.25, 0.3) is 0 Å². The zero-order valence-corrected chi connectivity index (χ0v) is 6.53. The van der Waals surface area contributed by atoms with Crippen molar-refractivity contribution >= 4 is 12.3 Å². The minimum atomic E-state index is -1.92. The molecule has 0 amide bonds. The normalized spacial score (nSPS) is 14.8. The van der Waals surface area contributed by atoms with Crippen LogP contribution in [0, 0.1) is 0 Å². The average Bonchev–Trinajstić information content (AvgIpc) is 2.01. The van der Waals surface area contributed by atoms with Crippen LogP contribution in [0.1, 0.15) is 6.42 Å². The Morgan fingerprint density at radius 2 is 2.33 bits per heavy atom. The van der Waals surface area contributed by atoms with E-state index in [9.17, 15) is 9.59 Å². The topological polar surface area (TPSA) is 89.6 Å². The van der Waals surface area contributed by atoms with Crippen LogP contribution in [-0.2, 0) is 14.3 Å². The van der Waals surface area contributed by atoms with Crippen LogP contribution in [-0.4, -0.2) is 29.7 Å². The molecule has 3 N–H and O–H groups in total. The summed E-state index contributed by atoms with van der Waals surface area (Å²) in [6.45, 7) is 3.32. The van der Waals surface area contributed by atoms with Gasteiger partial charge in [0.15, 0.2) is 0 Å². The average molecular weight is 173 g/mol. The largest absolute Gasteiger partial charge is 0.478 e. The lowest BCUT2D eigenvalue weighted by Gasteiger charge is -2.21. The monoisotopic (exact) mass is 173 g/mol. The second-order valence-electron chi connectivity index (χ2n) is 2.17. The summed E-state index contributed by atoms with van der Waals surface area (Å²) in [6, 6.07) is 0. The molecule has 0 aliphatic rings. The van der Waals surface area contributed by atoms with Gasteiger partial charge in [-0.05, 0) is 0 Å². The summed E-state index contributed by atoms with van der Waals surface area (Å²) in [4.78, 5) is 20.5. The summed E-state index contributed by atoms with van der Waals surface area (Å²) in [5.74, 6) is -1.36. The van der Waals surface area contributed by atoms with E-state index in [2.05, 4.69) is 6.58 Å². The number of rotatable bonds is 6. The van der Waals surface area contributed by atoms with Gasteiger partial charge >= 0.3 is 5.97 Å². The number of nitrogens with two attached hydrogens (primary N) is 1. The number of aliphatic carboxylic acids is 1. The molecule has 1 unspecified atom stereocenters. The van der Waals surface area contributed by atoms with Crippen molar-refractivity contribution in [2.75, 3.05) is 6.61 Å². The number of aldehydes is 1. The second-order valence-corrected chi connectivity index (χ2v) is 2.17. The molecule has 0 saturated carbocycles. The lowest BCUT2D eigenvalue weighted by Crippen LogP contribution is -2.50. The number of hydrogen-bond acceptors (Lipinski definition) is 4. The van der Waals surface area contributed by atoms with E-state index in [0.717, 1.165) is 0 Å². The Hall–Kier alpha value is -1.20. The molecule has 0 aromatic rings. The predicted octanol–water partition coefficient (Wildman–Crippen LogP) is -0.482. The van der Waals surface area contributed by atoms with E-state index < -0.39 is 11.7 Å². The molecule has 0 bridgehead atoms. The lowest BCUT2D eigenvalue weighted by molar-refractivity contribution is -0.165. The van der Waals surface area contributed by atoms with Crippen molar-refractivity contribution in [2.45, 2.75) is 12.1 Å². The van der Waals surface area contributed by atoms with Gasteiger partial charge in [-0.3, -0.25) is 5.73 Å². The minimum Gasteiger partial charge on any atom is -0.478 e. The van der Waals surface area contributed by atoms with Gasteiger partial charge in [0.25, 0.3) is 0 Å². The Labute approximate surface area is 69.8 Å². The Morgan fingerprint density at radius 1 is 1.75 bits per heavy atom. The number of carboxylic acid groups (broad SMARTS) is 1. The van der Waals surface area contributed by atoms with Gasteiger partial charge in [-0.2, -0.15) is 0 Å². The maximum Gasteiger partial charge on any atom is 0.351 e. The Kier molecular flexibility index (Phi) is 4.17. The van der Waals surface area contributed by atoms with E-state index in [1.54, 1.807) is 0 Å². The van der Waals surface area contributed by atoms with Crippen molar-refractivity contribution in [3.8, 4) is 0 Å². The molecule has 1 atom stereocenters. The van der Waals surface area contributed by atoms with Crippen LogP contribution in [0.3, 0.4) is 0 Å². The van der Waals surface area contributed by atoms with Gasteiger partial charge in [-0.25, -0.2) is 4.79 Å². The summed E-state index contributed by atoms with van der Waals surface area (Å²) in [7, 11) is 0. The fraction of sp³-hybridized carbons (Fsp3) is 0.429. The van der Waals surface area contributed by atoms with E-state index in [4.69, 9.17) is 15.6 Å². The summed E-state index contributed by atoms with van der Waals surface area (Å²) in [6.07, 6.45) is 1.38. The zero-order valence-electron chi connectivity index (χ0n) is 6.53. The number of carbonyl (C=O) groups is 2. The van der Waals surface area contributed by atoms with Crippen LogP contribution >= 0.6 is 0 Å². The molecule has 0 fully saturated rings. The molecule has 0 spiro atoms. The molecule has 0 aromatic carbocycles. The van der Waals surface area contributed by atoms with Crippen molar-refractivity contribution in [1.82, 2.24) is 0 Å². The molecule has 68 valence electrons. The van der Waals surface area contributed by atoms with Crippen LogP contribution in [0.4, 0.5) is 0 Å². The summed E-state index contributed by atoms with van der Waals surface area (Å²) < 4.78 is 4.71. The Bertz CT molecular complexity index is 192. The van der Waals surface area contributed by atoms with Crippen molar-refractivity contribution in [1.29, 1.82) is 0 Å². The fourth-order valence-corrected chi connectivity index (χ4v) is 0.539. The summed E-state index contributed by atoms with van der Waals surface area (Å²) in [5, 5.41) is 8.55. The first-order valence-electron chi connectivity index (χ1n) is 3.27. The minimum absolute atomic E-state index is 0.00333. The molecule has 0 aliphatic carbocycles. The van der Waals surface area contributed by atoms with E-state index >= 15 is 0 Å². The number of carboxylic acids is 1. The van der Waals surface area contributed by atoms with E-state index in [0.29, 0.717) is 6.29 Å². The molecule has 0 aliphatic heterocycles. The van der Waals surface area contributed by atoms with E-state index in [1.807, 2.05) is 0 Å². The smallest absolute Gasteiger partial charge is 0.351 e. The maximum absolute atomic E-state index is 10.5. The first-order valence-corrected chi connectivity index (χ1v) is 3.27. The molecule has 12 heavy (non-hydrogen) atoms. The molecular formula is C7H11NO4. The van der Waals surface area contributed by atoms with Crippen LogP contribution < -0.4 is 5.73 Å². The Morgan fingerprint density at radius 3 is 2.67 bits per heavy atom. The van der Waals surface area contributed by atoms with Crippen LogP contribution in [0.2, 0.25) is 0 Å². The van der Waals surface area contributed by atoms with Gasteiger partial charge in [0.2, 0.25) is 5.72 Å². The molecular weight excluding hydrogens is 162 g/mol. The highest BCUT2D eigenvalue weighted by molar-refractivity contribution is 5.80. The predicted molar refractivity (Wildman–Crippen MR) is 41.4 cm³/mol. The van der Waals surface area contributed by atoms with Crippen LogP contribution in [0.5, 0.6) is 0 Å². The third kappa shape index (κ3) is 2.81. The highest BCUT2D eigenvalue weighted by Crippen LogP contribution is 2.07. The molecule has 5 heteroatoms. The standard InChI is InChI=1S/C7H11NO4/c1-2-5-12-7(8,3-4-9)6(10)11/h2,4H,1,3,5,8H2,(H,10,11). The maximum atomic E-state index is 10.5. The second kappa shape index (κ2) is 4.63. The van der Waals surface area contributed by atoms with Crippen LogP contribution in [0.15, 0.2) is 12.7 Å². The quantitative estimate of drug-likeness (QED) is 0.321. The molecule has 0 heterocycles. The van der Waals surface area contributed by atoms with Crippen molar-refractivity contribution in [2.24, 2.45) is 5.73 Å². The van der Waals surface area contributed by atoms with Gasteiger partial charge < -0.3 is 14.6 Å². The number of ether oxygens (including phenoxy) is 1. The third-order valence-corrected chi connectivity index (χ3v) is 1.21. The van der Waals surface area contributed by atoms with Crippen molar-refractivity contribution in [3.63, 3.8) is 0 Å². The highest BCUT2D eigenvalue weighted by Gasteiger charge is 2.34. The van der Waals surface area contributed by atoms with Gasteiger partial charge in [0.1, 0.15) is 6.29 Å². The lowest BCUT2D eigenvalue weighted by atomic mass is 10.2. The SMILES string of the molecule is C=CCOC(N)(CC=O)C(=O)O. The zero-order chi connectivity index (χ0) is 9.61. The van der Waals surface area contributed by atoms with Gasteiger partial charge in [0.05, 0.1) is 13.0 Å². The van der Waals surface area contributed by atoms with Gasteiger partial charge in [-0.1, -0.05) is 6.08 Å². The molecule has 0 rings (SSSR count). The first kappa shape index (κ1) is 10.8. The van der Waals surface area contributed by atoms with Crippen molar-refractivity contribution in [3.05, 3.63) is 12.7 Å². The van der Waals surface area contributed by atoms with Gasteiger partial charge in [-0.15, -0.1) is 6.58 Å². The molecule has 0 radical (unpaired) electrons. The molecule has 0 saturated heterocycles. The number of carbonyl (C=O) groups excluding carboxylic acids is 1. The molecule has 5 nitrogen and oxygen atoms in total. The van der Waals surface area contributed by atoms with Gasteiger partial charge in [0, 0.05) is 0 Å². The Balaban J connectivity index is 4.26. The number of hydrogen-bond donors (Lipinski definition) is 2. The highest BCUT2D eigenvalue weighted by atomic mass is 16.5. The summed E-state index contributed by atoms with van der Waals surface area (Å²) in [5.41, 5.74) is 3.32. The first-order chi connectivity index (χ1) is 5.56. The third-order valence-electron chi connectivity index (χ3n) is 1.21. The fourth-order valence-electron chi connectivity index (χ4n) is 0.539.